The zero-order valence-electron chi connectivity index (χ0n) is 16.4. The van der Waals surface area contributed by atoms with E-state index in [0.29, 0.717) is 31.3 Å². The summed E-state index contributed by atoms with van der Waals surface area (Å²) in [6.07, 6.45) is 3.56. The number of hydrogen-bond acceptors (Lipinski definition) is 4. The lowest BCUT2D eigenvalue weighted by Gasteiger charge is -2.32. The SMILES string of the molecule is COCCOCCCn1ccc2c1CC(c1ccccc1Cl)C1C(=O)NC(=O)C21.[HH]. The smallest absolute Gasteiger partial charge is 0.235 e. The van der Waals surface area contributed by atoms with Crippen LogP contribution >= 0.6 is 11.6 Å². The monoisotopic (exact) mass is 418 g/mol. The number of benzene rings is 1. The maximum atomic E-state index is 12.6. The molecular weight excluding hydrogens is 392 g/mol. The number of fused-ring (bicyclic) bond motifs is 3. The number of halogens is 1. The maximum absolute atomic E-state index is 12.6. The number of aromatic nitrogens is 1. The fourth-order valence-electron chi connectivity index (χ4n) is 4.59. The lowest BCUT2D eigenvalue weighted by molar-refractivity contribution is -0.126. The molecule has 2 amide bonds. The Kier molecular flexibility index (Phi) is 6.04. The van der Waals surface area contributed by atoms with E-state index in [9.17, 15) is 9.59 Å². The summed E-state index contributed by atoms with van der Waals surface area (Å²) >= 11 is 6.47. The molecule has 1 aliphatic heterocycles. The van der Waals surface area contributed by atoms with Crippen LogP contribution in [0.2, 0.25) is 5.02 Å². The molecule has 156 valence electrons. The zero-order chi connectivity index (χ0) is 20.4. The van der Waals surface area contributed by atoms with Crippen LogP contribution in [0.25, 0.3) is 0 Å². The molecule has 1 N–H and O–H groups in total. The number of aryl methyl sites for hydroxylation is 1. The summed E-state index contributed by atoms with van der Waals surface area (Å²) in [4.78, 5) is 25.2. The Morgan fingerprint density at radius 2 is 1.97 bits per heavy atom. The van der Waals surface area contributed by atoms with Gasteiger partial charge < -0.3 is 14.0 Å². The van der Waals surface area contributed by atoms with Crippen molar-refractivity contribution >= 4 is 23.4 Å². The first-order chi connectivity index (χ1) is 14.1. The summed E-state index contributed by atoms with van der Waals surface area (Å²) in [6, 6.07) is 9.59. The van der Waals surface area contributed by atoms with Gasteiger partial charge in [-0.1, -0.05) is 29.8 Å². The van der Waals surface area contributed by atoms with Crippen LogP contribution in [0, 0.1) is 5.92 Å². The van der Waals surface area contributed by atoms with Crippen LogP contribution in [0.3, 0.4) is 0 Å². The number of methoxy groups -OCH3 is 1. The summed E-state index contributed by atoms with van der Waals surface area (Å²) in [6.45, 7) is 2.62. The third kappa shape index (κ3) is 3.84. The minimum absolute atomic E-state index is 0. The highest BCUT2D eigenvalue weighted by Crippen LogP contribution is 2.48. The molecule has 1 fully saturated rings. The van der Waals surface area contributed by atoms with Crippen LogP contribution in [-0.2, 0) is 32.0 Å². The van der Waals surface area contributed by atoms with Crippen molar-refractivity contribution in [3.05, 3.63) is 58.4 Å². The van der Waals surface area contributed by atoms with Gasteiger partial charge in [-0.25, -0.2) is 0 Å². The van der Waals surface area contributed by atoms with E-state index in [4.69, 9.17) is 21.1 Å². The predicted molar refractivity (Wildman–Crippen MR) is 111 cm³/mol. The second-order valence-corrected chi connectivity index (χ2v) is 7.97. The molecule has 1 aromatic heterocycles. The minimum atomic E-state index is -0.452. The fourth-order valence-corrected chi connectivity index (χ4v) is 4.87. The lowest BCUT2D eigenvalue weighted by Crippen LogP contribution is -2.31. The molecule has 0 bridgehead atoms. The second kappa shape index (κ2) is 8.69. The number of ether oxygens (including phenoxy) is 2. The molecule has 1 aromatic carbocycles. The highest BCUT2D eigenvalue weighted by molar-refractivity contribution is 6.31. The van der Waals surface area contributed by atoms with Crippen molar-refractivity contribution in [1.82, 2.24) is 9.88 Å². The Balaban J connectivity index is 0.00000256. The highest BCUT2D eigenvalue weighted by Gasteiger charge is 2.51. The average molecular weight is 419 g/mol. The first-order valence-corrected chi connectivity index (χ1v) is 10.3. The van der Waals surface area contributed by atoms with Gasteiger partial charge >= 0.3 is 0 Å². The Morgan fingerprint density at radius 3 is 2.76 bits per heavy atom. The highest BCUT2D eigenvalue weighted by atomic mass is 35.5. The Bertz CT molecular complexity index is 916. The van der Waals surface area contributed by atoms with E-state index in [2.05, 4.69) is 9.88 Å². The van der Waals surface area contributed by atoms with E-state index in [1.54, 1.807) is 7.11 Å². The summed E-state index contributed by atoms with van der Waals surface area (Å²) in [5.74, 6) is -1.40. The normalized spacial score (nSPS) is 23.0. The maximum Gasteiger partial charge on any atom is 0.235 e. The topological polar surface area (TPSA) is 69.6 Å². The van der Waals surface area contributed by atoms with Gasteiger partial charge in [-0.2, -0.15) is 0 Å². The van der Waals surface area contributed by atoms with Crippen LogP contribution in [0.5, 0.6) is 0 Å². The van der Waals surface area contributed by atoms with Crippen molar-refractivity contribution in [2.45, 2.75) is 31.2 Å². The van der Waals surface area contributed by atoms with Crippen LogP contribution in [0.15, 0.2) is 36.5 Å². The van der Waals surface area contributed by atoms with E-state index in [1.807, 2.05) is 36.5 Å². The molecule has 2 aromatic rings. The van der Waals surface area contributed by atoms with Gasteiger partial charge in [0.25, 0.3) is 0 Å². The predicted octanol–water partition coefficient (Wildman–Crippen LogP) is 3.14. The zero-order valence-corrected chi connectivity index (χ0v) is 17.2. The number of nitrogens with zero attached hydrogens (tertiary/aromatic N) is 1. The lowest BCUT2D eigenvalue weighted by atomic mass is 9.69. The van der Waals surface area contributed by atoms with Crippen LogP contribution in [0.4, 0.5) is 0 Å². The Labute approximate surface area is 176 Å². The van der Waals surface area contributed by atoms with Gasteiger partial charge in [0.05, 0.1) is 25.0 Å². The van der Waals surface area contributed by atoms with Gasteiger partial charge in [-0.3, -0.25) is 14.9 Å². The summed E-state index contributed by atoms with van der Waals surface area (Å²) in [7, 11) is 1.65. The van der Waals surface area contributed by atoms with Gasteiger partial charge in [0.15, 0.2) is 0 Å². The van der Waals surface area contributed by atoms with Crippen LogP contribution < -0.4 is 5.32 Å². The van der Waals surface area contributed by atoms with Gasteiger partial charge in [-0.15, -0.1) is 0 Å². The molecule has 1 saturated heterocycles. The van der Waals surface area contributed by atoms with Gasteiger partial charge in [0.2, 0.25) is 11.8 Å². The molecule has 4 rings (SSSR count). The van der Waals surface area contributed by atoms with Crippen molar-refractivity contribution in [3.63, 3.8) is 0 Å². The molecule has 7 heteroatoms. The molecule has 29 heavy (non-hydrogen) atoms. The van der Waals surface area contributed by atoms with E-state index in [0.717, 1.165) is 29.8 Å². The van der Waals surface area contributed by atoms with Gasteiger partial charge in [-0.05, 0) is 36.1 Å². The molecule has 3 atom stereocenters. The summed E-state index contributed by atoms with van der Waals surface area (Å²) in [5, 5.41) is 3.17. The molecule has 3 unspecified atom stereocenters. The molecule has 2 heterocycles. The van der Waals surface area contributed by atoms with Crippen molar-refractivity contribution in [3.8, 4) is 0 Å². The number of hydrogen-bond donors (Lipinski definition) is 1. The standard InChI is InChI=1S/C22H25ClN2O4.H2/c1-28-11-12-29-10-4-8-25-9-7-15-18(25)13-16(14-5-2-3-6-17(14)23)20-19(15)21(26)24-22(20)27;/h2-3,5-7,9,16,19-20H,4,8,10-13H2,1H3,(H,24,26,27);1H. The van der Waals surface area contributed by atoms with Crippen molar-refractivity contribution in [1.29, 1.82) is 0 Å². The molecule has 0 spiro atoms. The molecule has 0 saturated carbocycles. The van der Waals surface area contributed by atoms with Crippen LogP contribution in [0.1, 0.15) is 36.5 Å². The second-order valence-electron chi connectivity index (χ2n) is 7.56. The first-order valence-electron chi connectivity index (χ1n) is 9.95. The van der Waals surface area contributed by atoms with Crippen molar-refractivity contribution in [2.75, 3.05) is 26.9 Å². The molecular formula is C22H27ClN2O4. The summed E-state index contributed by atoms with van der Waals surface area (Å²) in [5.41, 5.74) is 3.00. The first kappa shape index (κ1) is 20.1. The molecule has 0 radical (unpaired) electrons. The number of imide groups is 1. The third-order valence-electron chi connectivity index (χ3n) is 5.91. The number of nitrogens with one attached hydrogen (secondary N) is 1. The molecule has 6 nitrogen and oxygen atoms in total. The number of amides is 2. The fraction of sp³-hybridized carbons (Fsp3) is 0.455. The molecule has 1 aliphatic carbocycles. The summed E-state index contributed by atoms with van der Waals surface area (Å²) < 4.78 is 12.7. The van der Waals surface area contributed by atoms with E-state index in [-0.39, 0.29) is 19.2 Å². The van der Waals surface area contributed by atoms with Crippen molar-refractivity contribution in [2.24, 2.45) is 5.92 Å². The van der Waals surface area contributed by atoms with Gasteiger partial charge in [0, 0.05) is 44.5 Å². The number of carbonyl (C=O) groups is 2. The van der Waals surface area contributed by atoms with E-state index < -0.39 is 11.8 Å². The third-order valence-corrected chi connectivity index (χ3v) is 6.25. The van der Waals surface area contributed by atoms with Crippen LogP contribution in [-0.4, -0.2) is 43.3 Å². The van der Waals surface area contributed by atoms with E-state index >= 15 is 0 Å². The van der Waals surface area contributed by atoms with Crippen molar-refractivity contribution < 1.29 is 20.5 Å². The molecule has 2 aliphatic rings. The number of rotatable bonds is 8. The average Bonchev–Trinajstić information content (AvgIpc) is 3.25. The number of carbonyl (C=O) groups excluding carboxylic acids is 2. The Morgan fingerprint density at radius 1 is 1.14 bits per heavy atom. The van der Waals surface area contributed by atoms with E-state index in [1.165, 1.54) is 0 Å². The minimum Gasteiger partial charge on any atom is -0.382 e. The Hall–Kier alpha value is -2.15. The quantitative estimate of drug-likeness (QED) is 0.528. The van der Waals surface area contributed by atoms with Gasteiger partial charge in [0.1, 0.15) is 0 Å². The largest absolute Gasteiger partial charge is 0.382 e.